The zero-order valence-electron chi connectivity index (χ0n) is 13.0. The molecule has 0 saturated heterocycles. The number of hydrogen-bond acceptors (Lipinski definition) is 6. The number of rotatable bonds is 6. The summed E-state index contributed by atoms with van der Waals surface area (Å²) in [5.41, 5.74) is 1.40. The van der Waals surface area contributed by atoms with Crippen molar-refractivity contribution in [1.82, 2.24) is 9.97 Å². The van der Waals surface area contributed by atoms with Crippen molar-refractivity contribution in [3.63, 3.8) is 0 Å². The third-order valence-electron chi connectivity index (χ3n) is 4.12. The van der Waals surface area contributed by atoms with E-state index in [0.717, 1.165) is 41.7 Å². The van der Waals surface area contributed by atoms with Gasteiger partial charge in [-0.05, 0) is 31.2 Å². The Balaban J connectivity index is 1.90. The maximum absolute atomic E-state index is 11.6. The van der Waals surface area contributed by atoms with Crippen LogP contribution in [0.3, 0.4) is 0 Å². The Morgan fingerprint density at radius 3 is 3.09 bits per heavy atom. The number of carbonyl (C=O) groups is 1. The Labute approximate surface area is 134 Å². The van der Waals surface area contributed by atoms with Gasteiger partial charge in [-0.25, -0.2) is 9.97 Å². The molecule has 2 heterocycles. The topological polar surface area (TPSA) is 64.1 Å². The SMILES string of the molecule is CCCC(CC(=O)OC)Nc1ncnc2sc3c(c12)CCC3. The molecule has 5 nitrogen and oxygen atoms in total. The molecule has 3 rings (SSSR count). The number of thiophene rings is 1. The molecule has 1 aliphatic carbocycles. The monoisotopic (exact) mass is 319 g/mol. The smallest absolute Gasteiger partial charge is 0.307 e. The lowest BCUT2D eigenvalue weighted by atomic mass is 10.1. The maximum Gasteiger partial charge on any atom is 0.307 e. The molecule has 1 unspecified atom stereocenters. The van der Waals surface area contributed by atoms with E-state index in [0.29, 0.717) is 6.42 Å². The molecule has 1 N–H and O–H groups in total. The van der Waals surface area contributed by atoms with Crippen LogP contribution in [0.25, 0.3) is 10.2 Å². The molecule has 0 aromatic carbocycles. The quantitative estimate of drug-likeness (QED) is 0.827. The molecule has 0 spiro atoms. The largest absolute Gasteiger partial charge is 0.469 e. The molecule has 0 amide bonds. The van der Waals surface area contributed by atoms with Crippen LogP contribution in [-0.2, 0) is 22.4 Å². The molecule has 1 aliphatic rings. The third kappa shape index (κ3) is 2.92. The molecule has 0 aliphatic heterocycles. The lowest BCUT2D eigenvalue weighted by Gasteiger charge is -2.18. The second kappa shape index (κ2) is 6.60. The molecule has 0 fully saturated rings. The summed E-state index contributed by atoms with van der Waals surface area (Å²) in [5.74, 6) is 0.679. The fraction of sp³-hybridized carbons (Fsp3) is 0.562. The summed E-state index contributed by atoms with van der Waals surface area (Å²) >= 11 is 1.78. The van der Waals surface area contributed by atoms with Crippen LogP contribution >= 0.6 is 11.3 Å². The van der Waals surface area contributed by atoms with Gasteiger partial charge >= 0.3 is 5.97 Å². The number of fused-ring (bicyclic) bond motifs is 3. The van der Waals surface area contributed by atoms with Gasteiger partial charge in [0, 0.05) is 10.9 Å². The van der Waals surface area contributed by atoms with Crippen molar-refractivity contribution in [1.29, 1.82) is 0 Å². The predicted molar refractivity (Wildman–Crippen MR) is 88.4 cm³/mol. The van der Waals surface area contributed by atoms with E-state index in [1.165, 1.54) is 24.0 Å². The number of anilines is 1. The molecule has 0 bridgehead atoms. The maximum atomic E-state index is 11.6. The van der Waals surface area contributed by atoms with E-state index >= 15 is 0 Å². The number of esters is 1. The Morgan fingerprint density at radius 2 is 2.32 bits per heavy atom. The lowest BCUT2D eigenvalue weighted by Crippen LogP contribution is -2.24. The van der Waals surface area contributed by atoms with Crippen molar-refractivity contribution < 1.29 is 9.53 Å². The van der Waals surface area contributed by atoms with E-state index in [-0.39, 0.29) is 12.0 Å². The highest BCUT2D eigenvalue weighted by Crippen LogP contribution is 2.39. The summed E-state index contributed by atoms with van der Waals surface area (Å²) < 4.78 is 4.80. The molecule has 118 valence electrons. The minimum atomic E-state index is -0.188. The molecular weight excluding hydrogens is 298 g/mol. The van der Waals surface area contributed by atoms with E-state index in [9.17, 15) is 4.79 Å². The average molecular weight is 319 g/mol. The van der Waals surface area contributed by atoms with Gasteiger partial charge in [0.2, 0.25) is 0 Å². The van der Waals surface area contributed by atoms with Crippen molar-refractivity contribution in [2.75, 3.05) is 12.4 Å². The van der Waals surface area contributed by atoms with Gasteiger partial charge in [-0.2, -0.15) is 0 Å². The molecule has 22 heavy (non-hydrogen) atoms. The van der Waals surface area contributed by atoms with E-state index < -0.39 is 0 Å². The van der Waals surface area contributed by atoms with Crippen molar-refractivity contribution in [3.8, 4) is 0 Å². The number of nitrogens with zero attached hydrogens (tertiary/aromatic N) is 2. The Hall–Kier alpha value is -1.69. The molecule has 1 atom stereocenters. The van der Waals surface area contributed by atoms with Gasteiger partial charge in [0.05, 0.1) is 18.9 Å². The van der Waals surface area contributed by atoms with Crippen LogP contribution in [-0.4, -0.2) is 29.1 Å². The zero-order chi connectivity index (χ0) is 15.5. The normalized spacial score (nSPS) is 14.8. The predicted octanol–water partition coefficient (Wildman–Crippen LogP) is 3.32. The Bertz CT molecular complexity index is 683. The third-order valence-corrected chi connectivity index (χ3v) is 5.32. The van der Waals surface area contributed by atoms with Gasteiger partial charge in [-0.1, -0.05) is 13.3 Å². The zero-order valence-corrected chi connectivity index (χ0v) is 13.8. The standard InChI is InChI=1S/C16H21N3O2S/c1-3-5-10(8-13(20)21-2)19-15-14-11-6-4-7-12(11)22-16(14)18-9-17-15/h9-10H,3-8H2,1-2H3,(H,17,18,19). The summed E-state index contributed by atoms with van der Waals surface area (Å²) in [6.07, 6.45) is 7.35. The number of aryl methyl sites for hydroxylation is 2. The van der Waals surface area contributed by atoms with Gasteiger partial charge in [-0.15, -0.1) is 11.3 Å². The van der Waals surface area contributed by atoms with Gasteiger partial charge in [0.25, 0.3) is 0 Å². The van der Waals surface area contributed by atoms with Crippen LogP contribution in [0.5, 0.6) is 0 Å². The summed E-state index contributed by atoms with van der Waals surface area (Å²) in [4.78, 5) is 22.9. The van der Waals surface area contributed by atoms with E-state index in [1.54, 1.807) is 17.7 Å². The van der Waals surface area contributed by atoms with Gasteiger partial charge in [-0.3, -0.25) is 4.79 Å². The van der Waals surface area contributed by atoms with Crippen molar-refractivity contribution in [3.05, 3.63) is 16.8 Å². The first-order valence-electron chi connectivity index (χ1n) is 7.81. The molecule has 0 saturated carbocycles. The van der Waals surface area contributed by atoms with Crippen LogP contribution < -0.4 is 5.32 Å². The highest BCUT2D eigenvalue weighted by Gasteiger charge is 2.22. The second-order valence-corrected chi connectivity index (χ2v) is 6.75. The number of hydrogen-bond donors (Lipinski definition) is 1. The first-order chi connectivity index (χ1) is 10.7. The highest BCUT2D eigenvalue weighted by molar-refractivity contribution is 7.19. The first-order valence-corrected chi connectivity index (χ1v) is 8.63. The van der Waals surface area contributed by atoms with Crippen LogP contribution in [0.1, 0.15) is 43.0 Å². The van der Waals surface area contributed by atoms with Crippen molar-refractivity contribution in [2.45, 2.75) is 51.5 Å². The summed E-state index contributed by atoms with van der Waals surface area (Å²) in [6.45, 7) is 2.11. The minimum absolute atomic E-state index is 0.0486. The fourth-order valence-corrected chi connectivity index (χ4v) is 4.32. The number of aromatic nitrogens is 2. The summed E-state index contributed by atoms with van der Waals surface area (Å²) in [6, 6.07) is 0.0486. The number of carbonyl (C=O) groups excluding carboxylic acids is 1. The Morgan fingerprint density at radius 1 is 1.45 bits per heavy atom. The van der Waals surface area contributed by atoms with Crippen molar-refractivity contribution in [2.24, 2.45) is 0 Å². The van der Waals surface area contributed by atoms with E-state index in [1.807, 2.05) is 0 Å². The van der Waals surface area contributed by atoms with Crippen LogP contribution in [0.4, 0.5) is 5.82 Å². The highest BCUT2D eigenvalue weighted by atomic mass is 32.1. The van der Waals surface area contributed by atoms with Gasteiger partial charge in [0.15, 0.2) is 0 Å². The van der Waals surface area contributed by atoms with Crippen molar-refractivity contribution >= 4 is 33.3 Å². The number of ether oxygens (including phenoxy) is 1. The molecule has 0 radical (unpaired) electrons. The second-order valence-electron chi connectivity index (χ2n) is 5.67. The average Bonchev–Trinajstić information content (AvgIpc) is 3.08. The first kappa shape index (κ1) is 15.2. The van der Waals surface area contributed by atoms with Gasteiger partial charge in [0.1, 0.15) is 17.0 Å². The lowest BCUT2D eigenvalue weighted by molar-refractivity contribution is -0.140. The van der Waals surface area contributed by atoms with E-state index in [4.69, 9.17) is 4.74 Å². The van der Waals surface area contributed by atoms with Gasteiger partial charge < -0.3 is 10.1 Å². The number of nitrogens with one attached hydrogen (secondary N) is 1. The molecule has 2 aromatic rings. The molecule has 2 aromatic heterocycles. The number of methoxy groups -OCH3 is 1. The fourth-order valence-electron chi connectivity index (χ4n) is 3.09. The summed E-state index contributed by atoms with van der Waals surface area (Å²) in [7, 11) is 1.43. The van der Waals surface area contributed by atoms with Crippen LogP contribution in [0.15, 0.2) is 6.33 Å². The molecule has 6 heteroatoms. The summed E-state index contributed by atoms with van der Waals surface area (Å²) in [5, 5.41) is 4.62. The molecular formula is C16H21N3O2S. The minimum Gasteiger partial charge on any atom is -0.469 e. The van der Waals surface area contributed by atoms with Crippen LogP contribution in [0, 0.1) is 0 Å². The van der Waals surface area contributed by atoms with Crippen LogP contribution in [0.2, 0.25) is 0 Å². The Kier molecular flexibility index (Phi) is 4.57. The van der Waals surface area contributed by atoms with E-state index in [2.05, 4.69) is 22.2 Å².